The fraction of sp³-hybridized carbons (Fsp3) is 1.00. The molecule has 5 heteroatoms. The summed E-state index contributed by atoms with van der Waals surface area (Å²) in [6.45, 7) is 1.62. The fourth-order valence-electron chi connectivity index (χ4n) is 0.707. The lowest BCUT2D eigenvalue weighted by Crippen LogP contribution is -2.33. The van der Waals surface area contributed by atoms with E-state index in [2.05, 4.69) is 26.0 Å². The van der Waals surface area contributed by atoms with Crippen LogP contribution in [-0.4, -0.2) is 31.9 Å². The van der Waals surface area contributed by atoms with Crippen molar-refractivity contribution in [2.75, 3.05) is 24.6 Å². The minimum absolute atomic E-state index is 0.552. The molecule has 0 saturated carbocycles. The number of halogens is 1. The van der Waals surface area contributed by atoms with Gasteiger partial charge in [0.25, 0.3) is 0 Å². The molecule has 0 aromatic rings. The third-order valence-corrected chi connectivity index (χ3v) is 3.98. The lowest BCUT2D eigenvalue weighted by molar-refractivity contribution is 0.544. The summed E-state index contributed by atoms with van der Waals surface area (Å²) in [5.41, 5.74) is 0. The van der Waals surface area contributed by atoms with Gasteiger partial charge in [-0.3, -0.25) is 4.78 Å². The molecular weight excluding hydrogens is 251 g/mol. The molecule has 1 fully saturated rings. The summed E-state index contributed by atoms with van der Waals surface area (Å²) in [5.74, 6) is 1.10. The van der Waals surface area contributed by atoms with Crippen LogP contribution < -0.4 is 0 Å². The van der Waals surface area contributed by atoms with E-state index >= 15 is 0 Å². The van der Waals surface area contributed by atoms with Crippen molar-refractivity contribution in [3.8, 4) is 0 Å². The molecule has 0 bridgehead atoms. The first-order valence-corrected chi connectivity index (χ1v) is 5.61. The molecule has 0 unspecified atom stereocenters. The number of hydrogen-bond acceptors (Lipinski definition) is 3. The molecule has 0 atom stereocenters. The highest BCUT2D eigenvalue weighted by Crippen LogP contribution is 2.07. The zero-order chi connectivity index (χ0) is 6.91. The van der Waals surface area contributed by atoms with Crippen molar-refractivity contribution < 1.29 is 4.21 Å². The van der Waals surface area contributed by atoms with E-state index in [1.165, 1.54) is 0 Å². The zero-order valence-electron chi connectivity index (χ0n) is 4.97. The van der Waals surface area contributed by atoms with Gasteiger partial charge in [-0.1, -0.05) is 0 Å². The van der Waals surface area contributed by atoms with Gasteiger partial charge in [0.05, 0.1) is 0 Å². The van der Waals surface area contributed by atoms with Gasteiger partial charge < -0.3 is 0 Å². The molecule has 0 radical (unpaired) electrons. The molecule has 1 N–H and O–H groups in total. The normalized spacial score (nSPS) is 28.1. The maximum atomic E-state index is 11.0. The van der Waals surface area contributed by atoms with Crippen molar-refractivity contribution >= 4 is 32.6 Å². The van der Waals surface area contributed by atoms with Gasteiger partial charge in [-0.25, -0.2) is 7.32 Å². The Bertz CT molecular complexity index is 175. The van der Waals surface area contributed by atoms with Crippen molar-refractivity contribution in [1.29, 1.82) is 4.78 Å². The van der Waals surface area contributed by atoms with Crippen LogP contribution in [0.15, 0.2) is 0 Å². The van der Waals surface area contributed by atoms with Crippen LogP contribution in [0.4, 0.5) is 0 Å². The van der Waals surface area contributed by atoms with E-state index in [9.17, 15) is 4.21 Å². The van der Waals surface area contributed by atoms with Crippen LogP contribution in [0.2, 0.25) is 0 Å². The van der Waals surface area contributed by atoms with Crippen LogP contribution >= 0.6 is 22.9 Å². The predicted octanol–water partition coefficient (Wildman–Crippen LogP) is 0.699. The number of hydrogen-bond donors (Lipinski definition) is 1. The Hall–Kier alpha value is 0.640. The molecule has 1 saturated heterocycles. The first-order valence-electron chi connectivity index (χ1n) is 2.75. The molecule has 9 heavy (non-hydrogen) atoms. The molecule has 1 rings (SSSR count). The summed E-state index contributed by atoms with van der Waals surface area (Å²) in [5, 5.41) is 0. The second kappa shape index (κ2) is 2.71. The predicted molar refractivity (Wildman–Crippen MR) is 46.2 cm³/mol. The third kappa shape index (κ3) is 2.38. The largest absolute Gasteiger partial charge is 0.253 e. The average Bonchev–Trinajstić information content (AvgIpc) is 1.78. The van der Waals surface area contributed by atoms with E-state index < -0.39 is 9.73 Å². The fourth-order valence-corrected chi connectivity index (χ4v) is 3.08. The minimum Gasteiger partial charge on any atom is -0.253 e. The van der Waals surface area contributed by atoms with Crippen molar-refractivity contribution in [3.05, 3.63) is 0 Å². The highest BCUT2D eigenvalue weighted by Gasteiger charge is 2.15. The molecule has 0 aromatic carbocycles. The first kappa shape index (κ1) is 7.74. The molecule has 3 nitrogen and oxygen atoms in total. The number of nitrogens with one attached hydrogen (secondary N) is 1. The third-order valence-electron chi connectivity index (χ3n) is 1.33. The van der Waals surface area contributed by atoms with Gasteiger partial charge in [0.1, 0.15) is 0 Å². The molecular formula is C4H9IN2OS. The van der Waals surface area contributed by atoms with E-state index in [-0.39, 0.29) is 0 Å². The minimum atomic E-state index is -2.16. The van der Waals surface area contributed by atoms with Crippen LogP contribution in [0.3, 0.4) is 0 Å². The molecule has 1 aliphatic rings. The zero-order valence-corrected chi connectivity index (χ0v) is 7.94. The molecule has 0 spiro atoms. The van der Waals surface area contributed by atoms with Crippen LogP contribution in [0.25, 0.3) is 0 Å². The van der Waals surface area contributed by atoms with E-state index in [4.69, 9.17) is 4.78 Å². The van der Waals surface area contributed by atoms with Crippen LogP contribution in [0.5, 0.6) is 0 Å². The Kier molecular flexibility index (Phi) is 2.33. The lowest BCUT2D eigenvalue weighted by Gasteiger charge is -2.21. The van der Waals surface area contributed by atoms with Crippen molar-refractivity contribution in [3.63, 3.8) is 0 Å². The lowest BCUT2D eigenvalue weighted by atomic mass is 10.6. The second-order valence-electron chi connectivity index (χ2n) is 2.13. The summed E-state index contributed by atoms with van der Waals surface area (Å²) in [4.78, 5) is 0. The number of nitrogens with zero attached hydrogens (tertiary/aromatic N) is 1. The van der Waals surface area contributed by atoms with Crippen molar-refractivity contribution in [2.24, 2.45) is 0 Å². The highest BCUT2D eigenvalue weighted by molar-refractivity contribution is 14.1. The first-order chi connectivity index (χ1) is 4.10. The summed E-state index contributed by atoms with van der Waals surface area (Å²) in [7, 11) is -2.16. The van der Waals surface area contributed by atoms with E-state index in [0.717, 1.165) is 13.1 Å². The van der Waals surface area contributed by atoms with Gasteiger partial charge in [0.15, 0.2) is 0 Å². The van der Waals surface area contributed by atoms with Crippen LogP contribution in [0, 0.1) is 4.78 Å². The monoisotopic (exact) mass is 260 g/mol. The van der Waals surface area contributed by atoms with Crippen LogP contribution in [0.1, 0.15) is 0 Å². The maximum absolute atomic E-state index is 11.0. The molecule has 0 amide bonds. The van der Waals surface area contributed by atoms with Crippen LogP contribution in [-0.2, 0) is 9.73 Å². The number of rotatable bonds is 0. The summed E-state index contributed by atoms with van der Waals surface area (Å²) in [6.07, 6.45) is 0. The summed E-state index contributed by atoms with van der Waals surface area (Å²) < 4.78 is 20.3. The van der Waals surface area contributed by atoms with Gasteiger partial charge >= 0.3 is 0 Å². The SMILES string of the molecule is N=S1(=O)CCN(I)CC1. The molecule has 0 aromatic heterocycles. The van der Waals surface area contributed by atoms with Crippen molar-refractivity contribution in [1.82, 2.24) is 3.11 Å². The molecule has 1 aliphatic heterocycles. The van der Waals surface area contributed by atoms with Crippen molar-refractivity contribution in [2.45, 2.75) is 0 Å². The molecule has 54 valence electrons. The van der Waals surface area contributed by atoms with E-state index in [1.54, 1.807) is 0 Å². The van der Waals surface area contributed by atoms with Gasteiger partial charge in [0, 0.05) is 57.2 Å². The Labute approximate surface area is 69.3 Å². The Balaban J connectivity index is 2.55. The van der Waals surface area contributed by atoms with Gasteiger partial charge in [-0.15, -0.1) is 0 Å². The highest BCUT2D eigenvalue weighted by atomic mass is 127. The average molecular weight is 260 g/mol. The summed E-state index contributed by atoms with van der Waals surface area (Å²) >= 11 is 2.20. The Morgan fingerprint density at radius 3 is 2.22 bits per heavy atom. The Morgan fingerprint density at radius 1 is 1.44 bits per heavy atom. The second-order valence-corrected chi connectivity index (χ2v) is 5.93. The van der Waals surface area contributed by atoms with Gasteiger partial charge in [-0.05, 0) is 0 Å². The molecule has 1 heterocycles. The van der Waals surface area contributed by atoms with Gasteiger partial charge in [0.2, 0.25) is 0 Å². The van der Waals surface area contributed by atoms with E-state index in [0.29, 0.717) is 11.5 Å². The van der Waals surface area contributed by atoms with Gasteiger partial charge in [-0.2, -0.15) is 0 Å². The molecule has 0 aliphatic carbocycles. The maximum Gasteiger partial charge on any atom is 0.0467 e. The Morgan fingerprint density at radius 2 is 1.89 bits per heavy atom. The topological polar surface area (TPSA) is 44.2 Å². The van der Waals surface area contributed by atoms with E-state index in [1.807, 2.05) is 0 Å². The summed E-state index contributed by atoms with van der Waals surface area (Å²) in [6, 6.07) is 0. The standard InChI is InChI=1S/C4H9IN2OS/c5-7-1-3-9(6,8)4-2-7/h6H,1-4H2. The smallest absolute Gasteiger partial charge is 0.0467 e. The quantitative estimate of drug-likeness (QED) is 0.514.